The van der Waals surface area contributed by atoms with Gasteiger partial charge < -0.3 is 9.47 Å². The zero-order valence-corrected chi connectivity index (χ0v) is 21.3. The number of hydrogen-bond acceptors (Lipinski definition) is 7. The quantitative estimate of drug-likeness (QED) is 0.364. The van der Waals surface area contributed by atoms with Crippen molar-refractivity contribution in [1.29, 1.82) is 0 Å². The predicted octanol–water partition coefficient (Wildman–Crippen LogP) is 6.01. The second kappa shape index (κ2) is 8.27. The van der Waals surface area contributed by atoms with E-state index < -0.39 is 19.4 Å². The van der Waals surface area contributed by atoms with Crippen molar-refractivity contribution in [2.24, 2.45) is 10.8 Å². The van der Waals surface area contributed by atoms with Crippen molar-refractivity contribution in [3.05, 3.63) is 35.5 Å². The Bertz CT molecular complexity index is 873. The van der Waals surface area contributed by atoms with Crippen molar-refractivity contribution in [3.63, 3.8) is 0 Å². The first-order chi connectivity index (χ1) is 14.1. The van der Waals surface area contributed by atoms with Gasteiger partial charge in [0, 0.05) is 23.4 Å². The molecular formula is C21H33N2O6PS. The van der Waals surface area contributed by atoms with Gasteiger partial charge >= 0.3 is 13.8 Å². The molecule has 0 spiro atoms. The summed E-state index contributed by atoms with van der Waals surface area (Å²) < 4.78 is 39.1. The van der Waals surface area contributed by atoms with E-state index >= 15 is 0 Å². The maximum absolute atomic E-state index is 13.5. The van der Waals surface area contributed by atoms with Crippen LogP contribution in [0.25, 0.3) is 0 Å². The summed E-state index contributed by atoms with van der Waals surface area (Å²) in [6.45, 7) is 14.2. The molecule has 3 aliphatic rings. The van der Waals surface area contributed by atoms with E-state index in [-0.39, 0.29) is 10.8 Å². The van der Waals surface area contributed by atoms with Crippen LogP contribution in [0.3, 0.4) is 0 Å². The van der Waals surface area contributed by atoms with Crippen LogP contribution in [0.1, 0.15) is 54.9 Å². The van der Waals surface area contributed by atoms with Crippen molar-refractivity contribution in [1.82, 2.24) is 8.38 Å². The molecule has 0 atom stereocenters. The van der Waals surface area contributed by atoms with E-state index in [1.807, 2.05) is 60.6 Å². The summed E-state index contributed by atoms with van der Waals surface area (Å²) in [5.74, 6) is 1.07. The summed E-state index contributed by atoms with van der Waals surface area (Å²) in [4.78, 5) is 13.0. The Balaban J connectivity index is 1.76. The van der Waals surface area contributed by atoms with Crippen LogP contribution in [0.2, 0.25) is 0 Å². The fourth-order valence-corrected chi connectivity index (χ4v) is 6.93. The van der Waals surface area contributed by atoms with Gasteiger partial charge in [-0.15, -0.1) is 4.08 Å². The number of ether oxygens (including phenoxy) is 2. The summed E-state index contributed by atoms with van der Waals surface area (Å²) in [6, 6.07) is 0. The van der Waals surface area contributed by atoms with Gasteiger partial charge in [0.15, 0.2) is 11.5 Å². The van der Waals surface area contributed by atoms with Crippen LogP contribution in [0.15, 0.2) is 35.5 Å². The Morgan fingerprint density at radius 3 is 2.39 bits per heavy atom. The van der Waals surface area contributed by atoms with Gasteiger partial charge in [0.2, 0.25) is 0 Å². The lowest BCUT2D eigenvalue weighted by Crippen LogP contribution is -2.42. The van der Waals surface area contributed by atoms with Gasteiger partial charge in [-0.05, 0) is 38.8 Å². The summed E-state index contributed by atoms with van der Waals surface area (Å²) in [6.07, 6.45) is 5.47. The molecule has 1 amide bonds. The average molecular weight is 473 g/mol. The molecule has 1 aliphatic carbocycles. The topological polar surface area (TPSA) is 77.5 Å². The molecule has 0 bridgehead atoms. The summed E-state index contributed by atoms with van der Waals surface area (Å²) in [7, 11) is -2.04. The fourth-order valence-electron chi connectivity index (χ4n) is 3.33. The number of hydrogen-bond donors (Lipinski definition) is 0. The molecule has 2 heterocycles. The lowest BCUT2D eigenvalue weighted by Gasteiger charge is -2.43. The van der Waals surface area contributed by atoms with E-state index in [2.05, 4.69) is 0 Å². The van der Waals surface area contributed by atoms with Crippen molar-refractivity contribution < 1.29 is 27.9 Å². The van der Waals surface area contributed by atoms with Gasteiger partial charge in [0.1, 0.15) is 0 Å². The number of rotatable bonds is 4. The molecule has 0 aromatic rings. The third-order valence-corrected chi connectivity index (χ3v) is 8.86. The van der Waals surface area contributed by atoms with Gasteiger partial charge in [-0.25, -0.2) is 13.7 Å². The smallest absolute Gasteiger partial charge is 0.425 e. The van der Waals surface area contributed by atoms with Gasteiger partial charge in [-0.1, -0.05) is 33.8 Å². The summed E-state index contributed by atoms with van der Waals surface area (Å²) in [5, 5.41) is 0. The molecule has 0 radical (unpaired) electrons. The van der Waals surface area contributed by atoms with Crippen molar-refractivity contribution in [3.8, 4) is 0 Å². The molecular weight excluding hydrogens is 439 g/mol. The maximum Gasteiger partial charge on any atom is 0.425 e. The van der Waals surface area contributed by atoms with Crippen LogP contribution in [-0.2, 0) is 23.1 Å². The second-order valence-electron chi connectivity index (χ2n) is 10.4. The highest BCUT2D eigenvalue weighted by Gasteiger charge is 2.48. The standard InChI is InChI=1S/C21H33N2O6PS/c1-19(2,3)23(30(25)27-13-20(4,5)14-28-30)31-22(8)18(24)29-17-16-15(10-9-11-26-16)12-21(17,6)7/h9-11H,12-14H2,1-8H3. The first-order valence-electron chi connectivity index (χ1n) is 10.3. The van der Waals surface area contributed by atoms with Crippen molar-refractivity contribution in [2.45, 2.75) is 60.4 Å². The van der Waals surface area contributed by atoms with E-state index in [0.717, 1.165) is 17.7 Å². The predicted molar refractivity (Wildman–Crippen MR) is 120 cm³/mol. The van der Waals surface area contributed by atoms with Crippen LogP contribution in [-0.4, -0.2) is 40.3 Å². The van der Waals surface area contributed by atoms with Gasteiger partial charge in [-0.3, -0.25) is 9.05 Å². The molecule has 1 fully saturated rings. The Morgan fingerprint density at radius 2 is 1.81 bits per heavy atom. The van der Waals surface area contributed by atoms with Crippen LogP contribution in [0.5, 0.6) is 0 Å². The SMILES string of the molecule is CN(SN(C(C)(C)C)P1(=O)OCC(C)(C)CO1)C(=O)OC1=C2OC=CC=C2CC1(C)C. The molecule has 10 heteroatoms. The van der Waals surface area contributed by atoms with Crippen LogP contribution >= 0.6 is 19.9 Å². The number of nitrogens with zero attached hydrogens (tertiary/aromatic N) is 2. The van der Waals surface area contributed by atoms with E-state index in [4.69, 9.17) is 18.5 Å². The lowest BCUT2D eigenvalue weighted by molar-refractivity contribution is 0.0236. The van der Waals surface area contributed by atoms with Crippen LogP contribution < -0.4 is 0 Å². The van der Waals surface area contributed by atoms with Crippen molar-refractivity contribution >= 4 is 26.0 Å². The molecule has 0 N–H and O–H groups in total. The zero-order chi connectivity index (χ0) is 23.2. The summed E-state index contributed by atoms with van der Waals surface area (Å²) >= 11 is 0.965. The average Bonchev–Trinajstić information content (AvgIpc) is 2.91. The largest absolute Gasteiger partial charge is 0.461 e. The fraction of sp³-hybridized carbons (Fsp3) is 0.667. The van der Waals surface area contributed by atoms with Crippen molar-refractivity contribution in [2.75, 3.05) is 20.3 Å². The van der Waals surface area contributed by atoms with Gasteiger partial charge in [-0.2, -0.15) is 0 Å². The van der Waals surface area contributed by atoms with Crippen LogP contribution in [0, 0.1) is 10.8 Å². The van der Waals surface area contributed by atoms with E-state index in [1.54, 1.807) is 13.3 Å². The van der Waals surface area contributed by atoms with E-state index in [1.165, 1.54) is 8.38 Å². The molecule has 0 aromatic heterocycles. The van der Waals surface area contributed by atoms with Crippen LogP contribution in [0.4, 0.5) is 4.79 Å². The molecule has 8 nitrogen and oxygen atoms in total. The highest BCUT2D eigenvalue weighted by molar-refractivity contribution is 7.99. The number of carbonyl (C=O) groups is 1. The molecule has 0 saturated carbocycles. The second-order valence-corrected chi connectivity index (χ2v) is 13.6. The molecule has 2 aliphatic heterocycles. The molecule has 3 rings (SSSR count). The van der Waals surface area contributed by atoms with E-state index in [0.29, 0.717) is 31.2 Å². The normalized spacial score (nSPS) is 23.8. The molecule has 31 heavy (non-hydrogen) atoms. The molecule has 0 aromatic carbocycles. The highest BCUT2D eigenvalue weighted by atomic mass is 32.2. The minimum Gasteiger partial charge on any atom is -0.461 e. The lowest BCUT2D eigenvalue weighted by atomic mass is 9.90. The zero-order valence-electron chi connectivity index (χ0n) is 19.6. The minimum absolute atomic E-state index is 0.228. The third kappa shape index (κ3) is 5.22. The number of fused-ring (bicyclic) bond motifs is 1. The summed E-state index contributed by atoms with van der Waals surface area (Å²) in [5.41, 5.74) is -0.226. The molecule has 174 valence electrons. The monoisotopic (exact) mass is 472 g/mol. The van der Waals surface area contributed by atoms with Gasteiger partial charge in [0.25, 0.3) is 0 Å². The van der Waals surface area contributed by atoms with Gasteiger partial charge in [0.05, 0.1) is 31.6 Å². The number of carbonyl (C=O) groups excluding carboxylic acids is 1. The molecule has 1 saturated heterocycles. The number of allylic oxidation sites excluding steroid dienone is 4. The first-order valence-corrected chi connectivity index (χ1v) is 12.5. The maximum atomic E-state index is 13.5. The Labute approximate surface area is 189 Å². The highest BCUT2D eigenvalue weighted by Crippen LogP contribution is 2.62. The Morgan fingerprint density at radius 1 is 1.19 bits per heavy atom. The number of amides is 1. The van der Waals surface area contributed by atoms with E-state index in [9.17, 15) is 9.36 Å². The minimum atomic E-state index is -3.61. The first kappa shape index (κ1) is 24.4. The Hall–Kier alpha value is -1.25. The Kier molecular flexibility index (Phi) is 6.51. The third-order valence-electron chi connectivity index (χ3n) is 4.99. The molecule has 0 unspecified atom stereocenters.